The minimum atomic E-state index is -0.714. The van der Waals surface area contributed by atoms with E-state index in [9.17, 15) is 14.4 Å². The Labute approximate surface area is 160 Å². The number of pyridine rings is 1. The summed E-state index contributed by atoms with van der Waals surface area (Å²) in [5, 5.41) is 5.45. The molecule has 1 unspecified atom stereocenters. The van der Waals surface area contributed by atoms with Gasteiger partial charge in [-0.2, -0.15) is 0 Å². The molecule has 0 aromatic carbocycles. The number of carbonyl (C=O) groups is 3. The van der Waals surface area contributed by atoms with Gasteiger partial charge in [-0.25, -0.2) is 9.78 Å². The van der Waals surface area contributed by atoms with Gasteiger partial charge in [0.15, 0.2) is 0 Å². The van der Waals surface area contributed by atoms with Crippen LogP contribution in [0.1, 0.15) is 63.7 Å². The van der Waals surface area contributed by atoms with Gasteiger partial charge in [-0.05, 0) is 57.6 Å². The van der Waals surface area contributed by atoms with E-state index < -0.39 is 17.7 Å². The zero-order valence-electron chi connectivity index (χ0n) is 16.5. The van der Waals surface area contributed by atoms with Crippen molar-refractivity contribution in [2.24, 2.45) is 11.8 Å². The Morgan fingerprint density at radius 3 is 2.52 bits per heavy atom. The van der Waals surface area contributed by atoms with Crippen LogP contribution >= 0.6 is 0 Å². The number of alkyl carbamates (subject to hydrolysis) is 1. The number of carbonyl (C=O) groups excluding carboxylic acids is 3. The van der Waals surface area contributed by atoms with E-state index in [-0.39, 0.29) is 17.6 Å². The van der Waals surface area contributed by atoms with Gasteiger partial charge in [0.05, 0.1) is 0 Å². The maximum atomic E-state index is 12.9. The zero-order chi connectivity index (χ0) is 20.0. The van der Waals surface area contributed by atoms with Crippen molar-refractivity contribution in [3.05, 3.63) is 23.9 Å². The molecule has 0 radical (unpaired) electrons. The maximum absolute atomic E-state index is 12.9. The molecule has 2 amide bonds. The molecule has 27 heavy (non-hydrogen) atoms. The smallest absolute Gasteiger partial charge is 0.408 e. The van der Waals surface area contributed by atoms with Gasteiger partial charge in [0.1, 0.15) is 23.7 Å². The first-order chi connectivity index (χ1) is 12.7. The predicted octanol–water partition coefficient (Wildman–Crippen LogP) is 3.55. The van der Waals surface area contributed by atoms with Crippen LogP contribution in [0.2, 0.25) is 0 Å². The largest absolute Gasteiger partial charge is 0.444 e. The third-order valence-electron chi connectivity index (χ3n) is 4.66. The quantitative estimate of drug-likeness (QED) is 0.767. The van der Waals surface area contributed by atoms with E-state index in [1.165, 1.54) is 12.3 Å². The fourth-order valence-corrected chi connectivity index (χ4v) is 3.24. The number of hydrogen-bond donors (Lipinski definition) is 2. The summed E-state index contributed by atoms with van der Waals surface area (Å²) in [5.41, 5.74) is -0.227. The van der Waals surface area contributed by atoms with Crippen molar-refractivity contribution in [2.45, 2.75) is 65.0 Å². The van der Waals surface area contributed by atoms with Gasteiger partial charge in [0.25, 0.3) is 0 Å². The average molecular weight is 375 g/mol. The van der Waals surface area contributed by atoms with Gasteiger partial charge in [-0.3, -0.25) is 9.59 Å². The minimum Gasteiger partial charge on any atom is -0.444 e. The molecule has 0 saturated heterocycles. The lowest BCUT2D eigenvalue weighted by molar-refractivity contribution is -0.119. The second-order valence-corrected chi connectivity index (χ2v) is 8.23. The summed E-state index contributed by atoms with van der Waals surface area (Å²) >= 11 is 0. The molecule has 2 N–H and O–H groups in total. The molecule has 1 fully saturated rings. The molecule has 1 aliphatic carbocycles. The van der Waals surface area contributed by atoms with Crippen molar-refractivity contribution in [1.29, 1.82) is 0 Å². The number of amides is 2. The molecule has 0 spiro atoms. The fraction of sp³-hybridized carbons (Fsp3) is 0.600. The SMILES string of the molecule is CC1CCC(C(NC(=O)OC(C)(C)C)C(=O)Nc2cc(C=O)ccn2)CC1. The topological polar surface area (TPSA) is 97.4 Å². The number of rotatable bonds is 5. The van der Waals surface area contributed by atoms with Gasteiger partial charge in [0, 0.05) is 11.8 Å². The van der Waals surface area contributed by atoms with E-state index in [0.29, 0.717) is 17.8 Å². The first kappa shape index (κ1) is 20.9. The Balaban J connectivity index is 2.13. The highest BCUT2D eigenvalue weighted by Crippen LogP contribution is 2.31. The van der Waals surface area contributed by atoms with E-state index in [1.807, 2.05) is 0 Å². The van der Waals surface area contributed by atoms with Crippen LogP contribution in [0.15, 0.2) is 18.3 Å². The molecule has 2 rings (SSSR count). The predicted molar refractivity (Wildman–Crippen MR) is 103 cm³/mol. The lowest BCUT2D eigenvalue weighted by Crippen LogP contribution is -2.50. The lowest BCUT2D eigenvalue weighted by Gasteiger charge is -2.32. The Morgan fingerprint density at radius 2 is 1.93 bits per heavy atom. The molecule has 148 valence electrons. The summed E-state index contributed by atoms with van der Waals surface area (Å²) in [7, 11) is 0. The van der Waals surface area contributed by atoms with Crippen molar-refractivity contribution < 1.29 is 19.1 Å². The molecule has 7 nitrogen and oxygen atoms in total. The standard InChI is InChI=1S/C20H29N3O4/c1-13-5-7-15(8-6-13)17(23-19(26)27-20(2,3)4)18(25)22-16-11-14(12-24)9-10-21-16/h9-13,15,17H,5-8H2,1-4H3,(H,23,26)(H,21,22,25). The summed E-state index contributed by atoms with van der Waals surface area (Å²) in [4.78, 5) is 40.1. The number of anilines is 1. The van der Waals surface area contributed by atoms with Crippen molar-refractivity contribution in [1.82, 2.24) is 10.3 Å². The second-order valence-electron chi connectivity index (χ2n) is 8.23. The second kappa shape index (κ2) is 8.97. The number of nitrogens with zero attached hydrogens (tertiary/aromatic N) is 1. The average Bonchev–Trinajstić information content (AvgIpc) is 2.59. The maximum Gasteiger partial charge on any atom is 0.408 e. The van der Waals surface area contributed by atoms with E-state index >= 15 is 0 Å². The van der Waals surface area contributed by atoms with Crippen molar-refractivity contribution >= 4 is 24.1 Å². The van der Waals surface area contributed by atoms with Crippen molar-refractivity contribution in [3.63, 3.8) is 0 Å². The van der Waals surface area contributed by atoms with Crippen LogP contribution in [0.25, 0.3) is 0 Å². The Morgan fingerprint density at radius 1 is 1.26 bits per heavy atom. The Hall–Kier alpha value is -2.44. The summed E-state index contributed by atoms with van der Waals surface area (Å²) in [6.07, 6.45) is 5.28. The minimum absolute atomic E-state index is 0.0305. The summed E-state index contributed by atoms with van der Waals surface area (Å²) in [5.74, 6) is 0.584. The molecular weight excluding hydrogens is 346 g/mol. The number of aromatic nitrogens is 1. The lowest BCUT2D eigenvalue weighted by atomic mass is 9.79. The highest BCUT2D eigenvalue weighted by atomic mass is 16.6. The van der Waals surface area contributed by atoms with Crippen molar-refractivity contribution in [2.75, 3.05) is 5.32 Å². The molecule has 1 aromatic rings. The number of aldehydes is 1. The summed E-state index contributed by atoms with van der Waals surface area (Å²) in [6.45, 7) is 7.53. The fourth-order valence-electron chi connectivity index (χ4n) is 3.24. The van der Waals surface area contributed by atoms with Crippen molar-refractivity contribution in [3.8, 4) is 0 Å². The van der Waals surface area contributed by atoms with Gasteiger partial charge in [-0.1, -0.05) is 19.8 Å². The number of nitrogens with one attached hydrogen (secondary N) is 2. The van der Waals surface area contributed by atoms with Crippen LogP contribution < -0.4 is 10.6 Å². The van der Waals surface area contributed by atoms with E-state index in [2.05, 4.69) is 22.5 Å². The third-order valence-corrected chi connectivity index (χ3v) is 4.66. The molecule has 0 bridgehead atoms. The molecule has 1 aliphatic rings. The molecular formula is C20H29N3O4. The molecule has 1 atom stereocenters. The molecule has 1 saturated carbocycles. The van der Waals surface area contributed by atoms with E-state index in [0.717, 1.165) is 25.7 Å². The van der Waals surface area contributed by atoms with Gasteiger partial charge >= 0.3 is 6.09 Å². The van der Waals surface area contributed by atoms with Crippen LogP contribution in [-0.2, 0) is 9.53 Å². The van der Waals surface area contributed by atoms with Gasteiger partial charge in [-0.15, -0.1) is 0 Å². The molecule has 1 aromatic heterocycles. The monoisotopic (exact) mass is 375 g/mol. The highest BCUT2D eigenvalue weighted by molar-refractivity contribution is 5.96. The van der Waals surface area contributed by atoms with Crippen LogP contribution in [0.3, 0.4) is 0 Å². The van der Waals surface area contributed by atoms with Crippen LogP contribution in [0.5, 0.6) is 0 Å². The summed E-state index contributed by atoms with van der Waals surface area (Å²) in [6, 6.07) is 2.34. The van der Waals surface area contributed by atoms with Gasteiger partial charge in [0.2, 0.25) is 5.91 Å². The van der Waals surface area contributed by atoms with E-state index in [4.69, 9.17) is 4.74 Å². The number of hydrogen-bond acceptors (Lipinski definition) is 5. The highest BCUT2D eigenvalue weighted by Gasteiger charge is 2.33. The molecule has 7 heteroatoms. The molecule has 0 aliphatic heterocycles. The third kappa shape index (κ3) is 6.66. The first-order valence-corrected chi connectivity index (χ1v) is 9.39. The first-order valence-electron chi connectivity index (χ1n) is 9.39. The Kier molecular flexibility index (Phi) is 6.93. The van der Waals surface area contributed by atoms with Crippen LogP contribution in [-0.4, -0.2) is 34.9 Å². The summed E-state index contributed by atoms with van der Waals surface area (Å²) < 4.78 is 5.33. The Bertz CT molecular complexity index is 676. The number of ether oxygens (including phenoxy) is 1. The van der Waals surface area contributed by atoms with E-state index in [1.54, 1.807) is 26.8 Å². The molecule has 1 heterocycles. The van der Waals surface area contributed by atoms with Gasteiger partial charge < -0.3 is 15.4 Å². The normalized spacial score (nSPS) is 21.0. The zero-order valence-corrected chi connectivity index (χ0v) is 16.5. The van der Waals surface area contributed by atoms with Crippen LogP contribution in [0.4, 0.5) is 10.6 Å². The van der Waals surface area contributed by atoms with Crippen LogP contribution in [0, 0.1) is 11.8 Å².